The zero-order chi connectivity index (χ0) is 18.2. The van der Waals surface area contributed by atoms with Gasteiger partial charge < -0.3 is 20.0 Å². The van der Waals surface area contributed by atoms with Crippen molar-refractivity contribution in [3.63, 3.8) is 0 Å². The minimum Gasteiger partial charge on any atom is -0.507 e. The Hall–Kier alpha value is -0.477. The van der Waals surface area contributed by atoms with Gasteiger partial charge in [-0.3, -0.25) is 0 Å². The predicted octanol–water partition coefficient (Wildman–Crippen LogP) is 2.99. The predicted molar refractivity (Wildman–Crippen MR) is 99.2 cm³/mol. The van der Waals surface area contributed by atoms with Gasteiger partial charge in [0.1, 0.15) is 5.75 Å². The summed E-state index contributed by atoms with van der Waals surface area (Å²) in [6.07, 6.45) is 0. The van der Waals surface area contributed by atoms with Crippen LogP contribution in [0.2, 0.25) is 0 Å². The van der Waals surface area contributed by atoms with E-state index < -0.39 is 0 Å². The van der Waals surface area contributed by atoms with E-state index in [4.69, 9.17) is 5.11 Å². The van der Waals surface area contributed by atoms with Crippen LogP contribution in [0.25, 0.3) is 0 Å². The van der Waals surface area contributed by atoms with E-state index in [1.807, 2.05) is 0 Å². The smallest absolute Gasteiger partial charge is 0.123 e. The second kappa shape index (κ2) is 12.0. The van der Waals surface area contributed by atoms with E-state index in [0.29, 0.717) is 5.75 Å². The van der Waals surface area contributed by atoms with Gasteiger partial charge in [-0.2, -0.15) is 0 Å². The molecule has 4 nitrogen and oxygen atoms in total. The number of rotatable bonds is 5. The average Bonchev–Trinajstić information content (AvgIpc) is 2.40. The van der Waals surface area contributed by atoms with Gasteiger partial charge in [-0.1, -0.05) is 38.5 Å². The molecule has 0 bridgehead atoms. The number of aliphatic hydroxyl groups excluding tert-OH is 1. The fraction of sp³-hybridized carbons (Fsp3) is 0.684. The van der Waals surface area contributed by atoms with Crippen LogP contribution in [0.5, 0.6) is 5.75 Å². The van der Waals surface area contributed by atoms with Crippen LogP contribution in [0, 0.1) is 6.92 Å². The molecule has 0 atom stereocenters. The third-order valence-corrected chi connectivity index (χ3v) is 3.51. The van der Waals surface area contributed by atoms with Crippen molar-refractivity contribution < 1.29 is 29.7 Å². The van der Waals surface area contributed by atoms with Crippen molar-refractivity contribution in [2.24, 2.45) is 0 Å². The van der Waals surface area contributed by atoms with Gasteiger partial charge in [-0.15, -0.1) is 0 Å². The number of nitrogens with zero attached hydrogens (tertiary/aromatic N) is 2. The summed E-state index contributed by atoms with van der Waals surface area (Å²) >= 11 is 0. The van der Waals surface area contributed by atoms with E-state index in [2.05, 4.69) is 70.8 Å². The van der Waals surface area contributed by atoms with Gasteiger partial charge in [0.15, 0.2) is 0 Å². The SMILES string of the molecule is CCO.Cc1cc(CN(C)CCN(C)C)c(O)c(C(C)(C)C)c1.[Zn]. The van der Waals surface area contributed by atoms with Crippen LogP contribution in [0.1, 0.15) is 44.4 Å². The first-order valence-electron chi connectivity index (χ1n) is 8.30. The van der Waals surface area contributed by atoms with Gasteiger partial charge in [0.05, 0.1) is 0 Å². The van der Waals surface area contributed by atoms with Crippen LogP contribution in [-0.2, 0) is 31.4 Å². The first-order valence-corrected chi connectivity index (χ1v) is 8.30. The van der Waals surface area contributed by atoms with E-state index in [0.717, 1.165) is 30.8 Å². The largest absolute Gasteiger partial charge is 0.507 e. The van der Waals surface area contributed by atoms with Crippen LogP contribution in [-0.4, -0.2) is 60.9 Å². The Labute approximate surface area is 161 Å². The molecule has 0 aliphatic heterocycles. The first-order chi connectivity index (χ1) is 10.5. The topological polar surface area (TPSA) is 46.9 Å². The maximum atomic E-state index is 10.5. The molecule has 0 aliphatic carbocycles. The minimum atomic E-state index is -0.0347. The molecule has 0 aliphatic rings. The maximum Gasteiger partial charge on any atom is 0.123 e. The standard InChI is InChI=1S/C17H30N2O.C2H6O.Zn/c1-13-10-14(12-19(7)9-8-18(5)6)16(20)15(11-13)17(2,3)4;1-2-3;/h10-11,20H,8-9,12H2,1-7H3;3H,2H2,1H3;. The summed E-state index contributed by atoms with van der Waals surface area (Å²) in [7, 11) is 6.26. The van der Waals surface area contributed by atoms with Crippen molar-refractivity contribution >= 4 is 0 Å². The molecule has 0 aromatic heterocycles. The van der Waals surface area contributed by atoms with Gasteiger partial charge in [0, 0.05) is 51.3 Å². The Balaban J connectivity index is 0. The Kier molecular flexibility index (Phi) is 12.8. The number of benzene rings is 1. The van der Waals surface area contributed by atoms with Gasteiger partial charge >= 0.3 is 0 Å². The van der Waals surface area contributed by atoms with Crippen molar-refractivity contribution in [1.29, 1.82) is 0 Å². The van der Waals surface area contributed by atoms with Crippen LogP contribution in [0.15, 0.2) is 12.1 Å². The molecule has 24 heavy (non-hydrogen) atoms. The molecule has 2 N–H and O–H groups in total. The number of aryl methyl sites for hydroxylation is 1. The van der Waals surface area contributed by atoms with Crippen LogP contribution in [0.3, 0.4) is 0 Å². The number of aromatic hydroxyl groups is 1. The first kappa shape index (κ1) is 25.8. The van der Waals surface area contributed by atoms with Crippen LogP contribution >= 0.6 is 0 Å². The second-order valence-electron chi connectivity index (χ2n) is 7.43. The second-order valence-corrected chi connectivity index (χ2v) is 7.43. The molecule has 5 heteroatoms. The van der Waals surface area contributed by atoms with E-state index in [1.165, 1.54) is 5.56 Å². The van der Waals surface area contributed by atoms with Gasteiger partial charge in [0.2, 0.25) is 0 Å². The summed E-state index contributed by atoms with van der Waals surface area (Å²) in [5.74, 6) is 0.458. The molecule has 0 heterocycles. The Morgan fingerprint density at radius 3 is 1.96 bits per heavy atom. The third-order valence-electron chi connectivity index (χ3n) is 3.51. The number of aliphatic hydroxyl groups is 1. The van der Waals surface area contributed by atoms with Crippen molar-refractivity contribution in [3.8, 4) is 5.75 Å². The third kappa shape index (κ3) is 9.73. The molecule has 0 radical (unpaired) electrons. The molecular formula is C19H36N2O2Zn. The monoisotopic (exact) mass is 388 g/mol. The van der Waals surface area contributed by atoms with Crippen molar-refractivity contribution in [2.75, 3.05) is 40.8 Å². The zero-order valence-electron chi connectivity index (χ0n) is 17.0. The fourth-order valence-corrected chi connectivity index (χ4v) is 2.29. The minimum absolute atomic E-state index is 0. The molecule has 0 amide bonds. The normalized spacial score (nSPS) is 11.1. The van der Waals surface area contributed by atoms with E-state index >= 15 is 0 Å². The molecule has 0 unspecified atom stereocenters. The molecule has 0 fully saturated rings. The number of phenols is 1. The number of hydrogen-bond acceptors (Lipinski definition) is 4. The number of phenolic OH excluding ortho intramolecular Hbond substituents is 1. The molecule has 1 aromatic rings. The van der Waals surface area contributed by atoms with E-state index in [-0.39, 0.29) is 31.5 Å². The van der Waals surface area contributed by atoms with Crippen molar-refractivity contribution in [3.05, 3.63) is 28.8 Å². The summed E-state index contributed by atoms with van der Waals surface area (Å²) in [6.45, 7) is 13.2. The molecule has 1 aromatic carbocycles. The average molecular weight is 390 g/mol. The number of likely N-dealkylation sites (N-methyl/N-ethyl adjacent to an activating group) is 2. The van der Waals surface area contributed by atoms with Gasteiger partial charge in [-0.25, -0.2) is 0 Å². The Bertz CT molecular complexity index is 471. The molecule has 1 rings (SSSR count). The summed E-state index contributed by atoms with van der Waals surface area (Å²) in [5.41, 5.74) is 3.24. The van der Waals surface area contributed by atoms with Crippen LogP contribution < -0.4 is 0 Å². The molecule has 136 valence electrons. The fourth-order valence-electron chi connectivity index (χ4n) is 2.29. The molecule has 0 spiro atoms. The van der Waals surface area contributed by atoms with E-state index in [9.17, 15) is 5.11 Å². The summed E-state index contributed by atoms with van der Waals surface area (Å²) in [6, 6.07) is 4.19. The Morgan fingerprint density at radius 2 is 1.54 bits per heavy atom. The number of hydrogen-bond donors (Lipinski definition) is 2. The summed E-state index contributed by atoms with van der Waals surface area (Å²) in [5, 5.41) is 18.1. The zero-order valence-corrected chi connectivity index (χ0v) is 19.9. The summed E-state index contributed by atoms with van der Waals surface area (Å²) in [4.78, 5) is 4.42. The van der Waals surface area contributed by atoms with Crippen molar-refractivity contribution in [2.45, 2.75) is 46.6 Å². The molecule has 0 saturated heterocycles. The van der Waals surface area contributed by atoms with Gasteiger partial charge in [-0.05, 0) is 46.0 Å². The maximum absolute atomic E-state index is 10.5. The van der Waals surface area contributed by atoms with Crippen molar-refractivity contribution in [1.82, 2.24) is 9.80 Å². The van der Waals surface area contributed by atoms with Gasteiger partial charge in [0.25, 0.3) is 0 Å². The van der Waals surface area contributed by atoms with E-state index in [1.54, 1.807) is 6.92 Å². The quantitative estimate of drug-likeness (QED) is 0.760. The Morgan fingerprint density at radius 1 is 1.04 bits per heavy atom. The molecular weight excluding hydrogens is 354 g/mol. The van der Waals surface area contributed by atoms with Crippen LogP contribution in [0.4, 0.5) is 0 Å². The molecule has 0 saturated carbocycles. The summed E-state index contributed by atoms with van der Waals surface area (Å²) < 4.78 is 0.